The Labute approximate surface area is 141 Å². The van der Waals surface area contributed by atoms with Crippen LogP contribution in [0.1, 0.15) is 31.2 Å². The van der Waals surface area contributed by atoms with Crippen molar-refractivity contribution in [3.05, 3.63) is 54.1 Å². The Morgan fingerprint density at radius 3 is 2.65 bits per heavy atom. The van der Waals surface area contributed by atoms with Crippen molar-refractivity contribution in [1.29, 1.82) is 0 Å². The molecule has 1 fully saturated rings. The van der Waals surface area contributed by atoms with E-state index in [2.05, 4.69) is 28.8 Å². The summed E-state index contributed by atoms with van der Waals surface area (Å²) in [4.78, 5) is 12.0. The van der Waals surface area contributed by atoms with E-state index in [9.17, 15) is 4.79 Å². The third kappa shape index (κ3) is 4.17. The average Bonchev–Trinajstić information content (AvgIpc) is 3.05. The van der Waals surface area contributed by atoms with Crippen molar-refractivity contribution in [2.75, 3.05) is 0 Å². The van der Waals surface area contributed by atoms with Gasteiger partial charge in [-0.3, -0.25) is 10.1 Å². The summed E-state index contributed by atoms with van der Waals surface area (Å²) >= 11 is 5.20. The highest BCUT2D eigenvalue weighted by molar-refractivity contribution is 7.80. The second-order valence-corrected chi connectivity index (χ2v) is 6.25. The number of nitrogens with one attached hydrogen (secondary N) is 2. The molecule has 0 bridgehead atoms. The molecule has 4 heteroatoms. The van der Waals surface area contributed by atoms with Crippen molar-refractivity contribution in [1.82, 2.24) is 10.6 Å². The van der Waals surface area contributed by atoms with Crippen LogP contribution in [-0.4, -0.2) is 17.1 Å². The maximum Gasteiger partial charge on any atom is 0.250 e. The fourth-order valence-electron chi connectivity index (χ4n) is 3.01. The Morgan fingerprint density at radius 1 is 1.09 bits per heavy atom. The van der Waals surface area contributed by atoms with Gasteiger partial charge in [0.2, 0.25) is 5.91 Å². The van der Waals surface area contributed by atoms with E-state index >= 15 is 0 Å². The third-order valence-electron chi connectivity index (χ3n) is 4.16. The van der Waals surface area contributed by atoms with Gasteiger partial charge in [-0.2, -0.15) is 0 Å². The smallest absolute Gasteiger partial charge is 0.250 e. The number of hydrogen-bond acceptors (Lipinski definition) is 2. The number of rotatable bonds is 3. The molecule has 2 aromatic rings. The fourth-order valence-corrected chi connectivity index (χ4v) is 3.27. The number of hydrogen-bond donors (Lipinski definition) is 2. The first-order valence-corrected chi connectivity index (χ1v) is 8.40. The molecule has 0 atom stereocenters. The zero-order chi connectivity index (χ0) is 16.1. The molecule has 0 saturated heterocycles. The van der Waals surface area contributed by atoms with Crippen LogP contribution in [0.15, 0.2) is 48.5 Å². The summed E-state index contributed by atoms with van der Waals surface area (Å²) in [5.41, 5.74) is 1.02. The molecule has 0 aromatic heterocycles. The van der Waals surface area contributed by atoms with Gasteiger partial charge in [0, 0.05) is 12.1 Å². The molecule has 3 nitrogen and oxygen atoms in total. The molecular formula is C19H20N2OS. The summed E-state index contributed by atoms with van der Waals surface area (Å²) in [6.45, 7) is 0. The lowest BCUT2D eigenvalue weighted by atomic mass is 10.0. The van der Waals surface area contributed by atoms with Crippen LogP contribution >= 0.6 is 12.2 Å². The van der Waals surface area contributed by atoms with Gasteiger partial charge in [0.1, 0.15) is 0 Å². The first kappa shape index (κ1) is 15.7. The summed E-state index contributed by atoms with van der Waals surface area (Å²) in [5, 5.41) is 8.63. The molecular weight excluding hydrogens is 304 g/mol. The summed E-state index contributed by atoms with van der Waals surface area (Å²) in [6, 6.07) is 14.6. The van der Waals surface area contributed by atoms with Crippen LogP contribution in [0.3, 0.4) is 0 Å². The molecule has 118 valence electrons. The van der Waals surface area contributed by atoms with E-state index in [1.165, 1.54) is 18.9 Å². The largest absolute Gasteiger partial charge is 0.360 e. The standard InChI is InChI=1S/C19H20N2OS/c22-18(21-19(23)20-16-9-2-3-10-16)13-12-15-8-5-7-14-6-1-4-11-17(14)15/h1,4-8,11-13,16H,2-3,9-10H2,(H2,20,21,22,23). The zero-order valence-electron chi connectivity index (χ0n) is 12.9. The Balaban J connectivity index is 1.62. The quantitative estimate of drug-likeness (QED) is 0.667. The number of benzene rings is 2. The Hall–Kier alpha value is -2.20. The molecule has 1 amide bonds. The van der Waals surface area contributed by atoms with Gasteiger partial charge in [0.25, 0.3) is 0 Å². The minimum Gasteiger partial charge on any atom is -0.360 e. The van der Waals surface area contributed by atoms with Crippen molar-refractivity contribution in [2.45, 2.75) is 31.7 Å². The van der Waals surface area contributed by atoms with Crippen LogP contribution in [0.25, 0.3) is 16.8 Å². The van der Waals surface area contributed by atoms with Gasteiger partial charge in [-0.15, -0.1) is 0 Å². The SMILES string of the molecule is O=C(C=Cc1cccc2ccccc12)NC(=S)NC1CCCC1. The molecule has 3 rings (SSSR count). The van der Waals surface area contributed by atoms with Gasteiger partial charge in [-0.05, 0) is 47.5 Å². The highest BCUT2D eigenvalue weighted by Crippen LogP contribution is 2.19. The molecule has 2 N–H and O–H groups in total. The average molecular weight is 324 g/mol. The Bertz CT molecular complexity index is 743. The topological polar surface area (TPSA) is 41.1 Å². The summed E-state index contributed by atoms with van der Waals surface area (Å²) in [6.07, 6.45) is 8.08. The van der Waals surface area contributed by atoms with E-state index in [0.29, 0.717) is 11.2 Å². The predicted molar refractivity (Wildman–Crippen MR) is 99.1 cm³/mol. The van der Waals surface area contributed by atoms with E-state index in [-0.39, 0.29) is 5.91 Å². The van der Waals surface area contributed by atoms with Gasteiger partial charge in [-0.25, -0.2) is 0 Å². The van der Waals surface area contributed by atoms with E-state index in [4.69, 9.17) is 12.2 Å². The molecule has 1 aliphatic carbocycles. The van der Waals surface area contributed by atoms with Crippen LogP contribution in [0, 0.1) is 0 Å². The second kappa shape index (κ2) is 7.38. The van der Waals surface area contributed by atoms with Gasteiger partial charge < -0.3 is 5.32 Å². The summed E-state index contributed by atoms with van der Waals surface area (Å²) in [5.74, 6) is -0.201. The lowest BCUT2D eigenvalue weighted by Gasteiger charge is -2.13. The lowest BCUT2D eigenvalue weighted by molar-refractivity contribution is -0.115. The molecule has 2 aromatic carbocycles. The summed E-state index contributed by atoms with van der Waals surface area (Å²) in [7, 11) is 0. The molecule has 1 aliphatic rings. The molecule has 0 aliphatic heterocycles. The van der Waals surface area contributed by atoms with Crippen molar-refractivity contribution in [3.63, 3.8) is 0 Å². The van der Waals surface area contributed by atoms with Crippen LogP contribution in [0.5, 0.6) is 0 Å². The van der Waals surface area contributed by atoms with Crippen molar-refractivity contribution < 1.29 is 4.79 Å². The van der Waals surface area contributed by atoms with Crippen molar-refractivity contribution in [3.8, 4) is 0 Å². The van der Waals surface area contributed by atoms with E-state index in [0.717, 1.165) is 29.2 Å². The minimum atomic E-state index is -0.201. The zero-order valence-corrected chi connectivity index (χ0v) is 13.7. The number of amides is 1. The van der Waals surface area contributed by atoms with Gasteiger partial charge in [0.15, 0.2) is 5.11 Å². The van der Waals surface area contributed by atoms with Crippen LogP contribution in [-0.2, 0) is 4.79 Å². The van der Waals surface area contributed by atoms with Crippen molar-refractivity contribution >= 4 is 40.1 Å². The van der Waals surface area contributed by atoms with Gasteiger partial charge in [0.05, 0.1) is 0 Å². The normalized spacial score (nSPS) is 15.1. The molecule has 23 heavy (non-hydrogen) atoms. The van der Waals surface area contributed by atoms with E-state index < -0.39 is 0 Å². The Kier molecular flexibility index (Phi) is 5.03. The number of carbonyl (C=O) groups excluding carboxylic acids is 1. The minimum absolute atomic E-state index is 0.201. The summed E-state index contributed by atoms with van der Waals surface area (Å²) < 4.78 is 0. The number of carbonyl (C=O) groups is 1. The molecule has 0 radical (unpaired) electrons. The number of fused-ring (bicyclic) bond motifs is 1. The monoisotopic (exact) mass is 324 g/mol. The van der Waals surface area contributed by atoms with Gasteiger partial charge in [-0.1, -0.05) is 55.3 Å². The predicted octanol–water partition coefficient (Wildman–Crippen LogP) is 3.79. The molecule has 1 saturated carbocycles. The maximum atomic E-state index is 12.0. The lowest BCUT2D eigenvalue weighted by Crippen LogP contribution is -2.42. The second-order valence-electron chi connectivity index (χ2n) is 5.85. The van der Waals surface area contributed by atoms with E-state index in [1.807, 2.05) is 30.3 Å². The van der Waals surface area contributed by atoms with Crippen LogP contribution in [0.2, 0.25) is 0 Å². The fraction of sp³-hybridized carbons (Fsp3) is 0.263. The van der Waals surface area contributed by atoms with Crippen LogP contribution < -0.4 is 10.6 Å². The third-order valence-corrected chi connectivity index (χ3v) is 4.38. The van der Waals surface area contributed by atoms with Crippen LogP contribution in [0.4, 0.5) is 0 Å². The highest BCUT2D eigenvalue weighted by Gasteiger charge is 2.15. The first-order valence-electron chi connectivity index (χ1n) is 8.00. The molecule has 0 heterocycles. The van der Waals surface area contributed by atoms with Crippen molar-refractivity contribution in [2.24, 2.45) is 0 Å². The molecule has 0 spiro atoms. The highest BCUT2D eigenvalue weighted by atomic mass is 32.1. The number of thiocarbonyl (C=S) groups is 1. The Morgan fingerprint density at radius 2 is 1.83 bits per heavy atom. The maximum absolute atomic E-state index is 12.0. The van der Waals surface area contributed by atoms with Gasteiger partial charge >= 0.3 is 0 Å². The van der Waals surface area contributed by atoms with E-state index in [1.54, 1.807) is 0 Å². The first-order chi connectivity index (χ1) is 11.2. The molecule has 0 unspecified atom stereocenters.